The van der Waals surface area contributed by atoms with Crippen LogP contribution in [0.3, 0.4) is 0 Å². The number of benzene rings is 1. The number of imidazole rings is 1. The fraction of sp³-hybridized carbons (Fsp3) is 0.400. The maximum atomic E-state index is 9.75. The molecule has 1 aromatic heterocycles. The van der Waals surface area contributed by atoms with E-state index in [1.54, 1.807) is 12.5 Å². The third kappa shape index (κ3) is 4.36. The van der Waals surface area contributed by atoms with E-state index in [4.69, 9.17) is 9.47 Å². The molecule has 2 aromatic rings. The highest BCUT2D eigenvalue weighted by molar-refractivity contribution is 5.39. The Morgan fingerprint density at radius 2 is 2.15 bits per heavy atom. The van der Waals surface area contributed by atoms with Crippen LogP contribution in [0.25, 0.3) is 5.69 Å². The second kappa shape index (κ2) is 7.07. The van der Waals surface area contributed by atoms with Gasteiger partial charge in [-0.1, -0.05) is 6.07 Å². The van der Waals surface area contributed by atoms with E-state index in [2.05, 4.69) is 4.98 Å². The Bertz CT molecular complexity index is 512. The van der Waals surface area contributed by atoms with Crippen LogP contribution in [-0.4, -0.2) is 40.1 Å². The summed E-state index contributed by atoms with van der Waals surface area (Å²) in [5, 5.41) is 9.75. The van der Waals surface area contributed by atoms with Crippen LogP contribution in [-0.2, 0) is 4.74 Å². The first-order valence-electron chi connectivity index (χ1n) is 6.66. The number of nitrogens with zero attached hydrogens (tertiary/aromatic N) is 2. The summed E-state index contributed by atoms with van der Waals surface area (Å²) in [6, 6.07) is 7.63. The molecule has 1 heterocycles. The molecule has 2 rings (SSSR count). The van der Waals surface area contributed by atoms with Gasteiger partial charge in [-0.15, -0.1) is 0 Å². The van der Waals surface area contributed by atoms with E-state index in [0.717, 1.165) is 5.69 Å². The molecule has 0 bridgehead atoms. The summed E-state index contributed by atoms with van der Waals surface area (Å²) < 4.78 is 12.8. The molecule has 0 fully saturated rings. The number of ether oxygens (including phenoxy) is 2. The quantitative estimate of drug-likeness (QED) is 0.840. The molecule has 0 aliphatic heterocycles. The Morgan fingerprint density at radius 3 is 2.85 bits per heavy atom. The van der Waals surface area contributed by atoms with Gasteiger partial charge in [-0.05, 0) is 26.0 Å². The lowest BCUT2D eigenvalue weighted by molar-refractivity contribution is -0.0122. The Morgan fingerprint density at radius 1 is 1.30 bits per heavy atom. The predicted molar refractivity (Wildman–Crippen MR) is 76.2 cm³/mol. The zero-order valence-corrected chi connectivity index (χ0v) is 11.8. The Balaban J connectivity index is 1.89. The highest BCUT2D eigenvalue weighted by atomic mass is 16.5. The second-order valence-corrected chi connectivity index (χ2v) is 4.81. The number of rotatable bonds is 7. The maximum absolute atomic E-state index is 9.75. The van der Waals surface area contributed by atoms with Crippen LogP contribution in [0.15, 0.2) is 43.0 Å². The van der Waals surface area contributed by atoms with Gasteiger partial charge in [-0.25, -0.2) is 4.98 Å². The van der Waals surface area contributed by atoms with Crippen LogP contribution in [0.2, 0.25) is 0 Å². The highest BCUT2D eigenvalue weighted by Gasteiger charge is 2.07. The van der Waals surface area contributed by atoms with Gasteiger partial charge in [0.2, 0.25) is 0 Å². The van der Waals surface area contributed by atoms with Crippen LogP contribution in [0.1, 0.15) is 13.8 Å². The Labute approximate surface area is 118 Å². The number of hydrogen-bond acceptors (Lipinski definition) is 4. The van der Waals surface area contributed by atoms with Crippen molar-refractivity contribution in [3.63, 3.8) is 0 Å². The van der Waals surface area contributed by atoms with Gasteiger partial charge in [0.05, 0.1) is 24.7 Å². The van der Waals surface area contributed by atoms with Crippen LogP contribution < -0.4 is 4.74 Å². The molecule has 0 saturated carbocycles. The van der Waals surface area contributed by atoms with E-state index in [0.29, 0.717) is 5.75 Å². The molecule has 5 nitrogen and oxygen atoms in total. The molecular weight excluding hydrogens is 256 g/mol. The minimum atomic E-state index is -0.630. The number of aromatic nitrogens is 2. The lowest BCUT2D eigenvalue weighted by Gasteiger charge is -2.15. The summed E-state index contributed by atoms with van der Waals surface area (Å²) in [5.41, 5.74) is 0.966. The van der Waals surface area contributed by atoms with Gasteiger partial charge in [0.1, 0.15) is 18.5 Å². The molecular formula is C15H20N2O3. The van der Waals surface area contributed by atoms with Crippen molar-refractivity contribution in [2.24, 2.45) is 0 Å². The average Bonchev–Trinajstić information content (AvgIpc) is 2.97. The van der Waals surface area contributed by atoms with Crippen molar-refractivity contribution < 1.29 is 14.6 Å². The van der Waals surface area contributed by atoms with Crippen molar-refractivity contribution >= 4 is 0 Å². The smallest absolute Gasteiger partial charge is 0.121 e. The van der Waals surface area contributed by atoms with E-state index in [9.17, 15) is 5.11 Å². The average molecular weight is 276 g/mol. The first kappa shape index (κ1) is 14.6. The first-order chi connectivity index (χ1) is 9.65. The molecule has 5 heteroatoms. The molecule has 108 valence electrons. The second-order valence-electron chi connectivity index (χ2n) is 4.81. The Kier molecular flexibility index (Phi) is 5.15. The molecule has 0 spiro atoms. The van der Waals surface area contributed by atoms with Crippen LogP contribution in [0.4, 0.5) is 0 Å². The fourth-order valence-corrected chi connectivity index (χ4v) is 1.69. The summed E-state index contributed by atoms with van der Waals surface area (Å²) in [4.78, 5) is 4.01. The molecule has 0 aliphatic carbocycles. The number of aliphatic hydroxyl groups is 1. The lowest BCUT2D eigenvalue weighted by Crippen LogP contribution is -2.25. The molecule has 0 radical (unpaired) electrons. The fourth-order valence-electron chi connectivity index (χ4n) is 1.69. The molecule has 1 atom stereocenters. The van der Waals surface area contributed by atoms with Gasteiger partial charge >= 0.3 is 0 Å². The number of hydrogen-bond donors (Lipinski definition) is 1. The zero-order valence-electron chi connectivity index (χ0n) is 11.8. The summed E-state index contributed by atoms with van der Waals surface area (Å²) in [7, 11) is 0. The van der Waals surface area contributed by atoms with Crippen molar-refractivity contribution in [2.45, 2.75) is 26.1 Å². The molecule has 0 saturated heterocycles. The molecule has 1 unspecified atom stereocenters. The summed E-state index contributed by atoms with van der Waals surface area (Å²) in [5.74, 6) is 0.708. The van der Waals surface area contributed by atoms with Crippen molar-refractivity contribution in [1.82, 2.24) is 9.55 Å². The zero-order chi connectivity index (χ0) is 14.4. The molecule has 0 amide bonds. The topological polar surface area (TPSA) is 56.5 Å². The van der Waals surface area contributed by atoms with Crippen LogP contribution in [0.5, 0.6) is 5.75 Å². The summed E-state index contributed by atoms with van der Waals surface area (Å²) in [6.45, 7) is 4.35. The molecule has 0 aliphatic rings. The van der Waals surface area contributed by atoms with Gasteiger partial charge < -0.3 is 19.1 Å². The van der Waals surface area contributed by atoms with Gasteiger partial charge in [0.15, 0.2) is 0 Å². The van der Waals surface area contributed by atoms with Crippen molar-refractivity contribution in [1.29, 1.82) is 0 Å². The third-order valence-corrected chi connectivity index (χ3v) is 2.68. The monoisotopic (exact) mass is 276 g/mol. The maximum Gasteiger partial charge on any atom is 0.121 e. The minimum Gasteiger partial charge on any atom is -0.491 e. The van der Waals surface area contributed by atoms with E-state index in [1.807, 2.05) is 48.9 Å². The Hall–Kier alpha value is -1.85. The normalized spacial score (nSPS) is 12.6. The van der Waals surface area contributed by atoms with Crippen molar-refractivity contribution in [2.75, 3.05) is 13.2 Å². The van der Waals surface area contributed by atoms with E-state index in [-0.39, 0.29) is 19.3 Å². The number of aliphatic hydroxyl groups excluding tert-OH is 1. The van der Waals surface area contributed by atoms with Crippen LogP contribution in [0, 0.1) is 0 Å². The van der Waals surface area contributed by atoms with E-state index in [1.165, 1.54) is 0 Å². The predicted octanol–water partition coefficient (Wildman–Crippen LogP) is 2.04. The first-order valence-corrected chi connectivity index (χ1v) is 6.66. The standard InChI is InChI=1S/C15H20N2O3/c1-12(2)19-9-14(18)10-20-15-5-3-4-13(8-15)17-7-6-16-11-17/h3-8,11-12,14,18H,9-10H2,1-2H3. The van der Waals surface area contributed by atoms with E-state index >= 15 is 0 Å². The van der Waals surface area contributed by atoms with E-state index < -0.39 is 6.10 Å². The summed E-state index contributed by atoms with van der Waals surface area (Å²) in [6.07, 6.45) is 4.79. The van der Waals surface area contributed by atoms with Crippen molar-refractivity contribution in [3.05, 3.63) is 43.0 Å². The van der Waals surface area contributed by atoms with Gasteiger partial charge in [0, 0.05) is 18.5 Å². The molecule has 1 N–H and O–H groups in total. The van der Waals surface area contributed by atoms with Crippen molar-refractivity contribution in [3.8, 4) is 11.4 Å². The third-order valence-electron chi connectivity index (χ3n) is 2.68. The van der Waals surface area contributed by atoms with Crippen LogP contribution >= 0.6 is 0 Å². The van der Waals surface area contributed by atoms with Gasteiger partial charge in [-0.3, -0.25) is 0 Å². The lowest BCUT2D eigenvalue weighted by atomic mass is 10.3. The highest BCUT2D eigenvalue weighted by Crippen LogP contribution is 2.16. The van der Waals surface area contributed by atoms with Gasteiger partial charge in [0.25, 0.3) is 0 Å². The summed E-state index contributed by atoms with van der Waals surface area (Å²) >= 11 is 0. The SMILES string of the molecule is CC(C)OCC(O)COc1cccc(-n2ccnc2)c1. The minimum absolute atomic E-state index is 0.106. The molecule has 20 heavy (non-hydrogen) atoms. The largest absolute Gasteiger partial charge is 0.491 e. The molecule has 1 aromatic carbocycles. The van der Waals surface area contributed by atoms with Gasteiger partial charge in [-0.2, -0.15) is 0 Å².